The molecule has 0 N–H and O–H groups in total. The number of ketones is 2. The van der Waals surface area contributed by atoms with Gasteiger partial charge in [0.05, 0.1) is 13.0 Å². The molecule has 0 spiro atoms. The van der Waals surface area contributed by atoms with Crippen LogP contribution in [0.2, 0.25) is 0 Å². The number of alkyl halides is 4. The second-order valence-corrected chi connectivity index (χ2v) is 3.90. The van der Waals surface area contributed by atoms with Crippen molar-refractivity contribution in [2.75, 3.05) is 6.61 Å². The fraction of sp³-hybridized carbons (Fsp3) is 0.385. The molecule has 0 aliphatic carbocycles. The van der Waals surface area contributed by atoms with Crippen LogP contribution in [0.25, 0.3) is 0 Å². The summed E-state index contributed by atoms with van der Waals surface area (Å²) in [4.78, 5) is 22.5. The van der Waals surface area contributed by atoms with Crippen molar-refractivity contribution >= 4 is 11.6 Å². The van der Waals surface area contributed by atoms with Crippen LogP contribution in [0.5, 0.6) is 5.75 Å². The Labute approximate surface area is 112 Å². The van der Waals surface area contributed by atoms with E-state index >= 15 is 0 Å². The number of carbonyl (C=O) groups is 2. The van der Waals surface area contributed by atoms with E-state index in [1.165, 1.54) is 24.3 Å². The molecule has 3 nitrogen and oxygen atoms in total. The SMILES string of the molecule is CCOc1ccc(C(=O)CC(=O)C(F)(F)C(F)F)cc1. The zero-order valence-electron chi connectivity index (χ0n) is 10.5. The highest BCUT2D eigenvalue weighted by Gasteiger charge is 2.48. The van der Waals surface area contributed by atoms with Crippen LogP contribution in [0, 0.1) is 0 Å². The first-order valence-electron chi connectivity index (χ1n) is 5.74. The van der Waals surface area contributed by atoms with E-state index < -0.39 is 30.3 Å². The topological polar surface area (TPSA) is 43.4 Å². The Bertz CT molecular complexity index is 483. The quantitative estimate of drug-likeness (QED) is 0.440. The first kappa shape index (κ1) is 16.1. The second kappa shape index (κ2) is 6.49. The molecule has 0 unspecified atom stereocenters. The summed E-state index contributed by atoms with van der Waals surface area (Å²) >= 11 is 0. The number of halogens is 4. The Morgan fingerprint density at radius 2 is 1.75 bits per heavy atom. The standard InChI is InChI=1S/C13H12F4O3/c1-2-20-9-5-3-8(4-6-9)10(18)7-11(19)13(16,17)12(14)15/h3-6,12H,2,7H2,1H3. The van der Waals surface area contributed by atoms with Gasteiger partial charge in [-0.1, -0.05) is 0 Å². The van der Waals surface area contributed by atoms with Gasteiger partial charge in [-0.05, 0) is 31.2 Å². The highest BCUT2D eigenvalue weighted by molar-refractivity contribution is 6.10. The number of hydrogen-bond donors (Lipinski definition) is 0. The molecule has 20 heavy (non-hydrogen) atoms. The van der Waals surface area contributed by atoms with Crippen molar-refractivity contribution < 1.29 is 31.9 Å². The lowest BCUT2D eigenvalue weighted by atomic mass is 10.0. The number of carbonyl (C=O) groups excluding carboxylic acids is 2. The smallest absolute Gasteiger partial charge is 0.364 e. The number of ether oxygens (including phenoxy) is 1. The zero-order chi connectivity index (χ0) is 15.3. The number of rotatable bonds is 7. The predicted octanol–water partition coefficient (Wildman–Crippen LogP) is 3.13. The molecular formula is C13H12F4O3. The molecule has 0 radical (unpaired) electrons. The van der Waals surface area contributed by atoms with Crippen LogP contribution in [-0.4, -0.2) is 30.5 Å². The molecule has 0 amide bonds. The third kappa shape index (κ3) is 3.79. The maximum absolute atomic E-state index is 12.7. The van der Waals surface area contributed by atoms with Gasteiger partial charge in [0.1, 0.15) is 5.75 Å². The lowest BCUT2D eigenvalue weighted by Crippen LogP contribution is -2.37. The summed E-state index contributed by atoms with van der Waals surface area (Å²) in [5, 5.41) is 0. The third-order valence-corrected chi connectivity index (χ3v) is 2.45. The van der Waals surface area contributed by atoms with Gasteiger partial charge < -0.3 is 4.74 Å². The maximum Gasteiger partial charge on any atom is 0.364 e. The number of benzene rings is 1. The molecule has 1 aromatic carbocycles. The molecule has 110 valence electrons. The molecule has 0 fully saturated rings. The van der Waals surface area contributed by atoms with E-state index in [-0.39, 0.29) is 5.56 Å². The van der Waals surface area contributed by atoms with Crippen molar-refractivity contribution in [3.63, 3.8) is 0 Å². The largest absolute Gasteiger partial charge is 0.494 e. The second-order valence-electron chi connectivity index (χ2n) is 3.90. The monoisotopic (exact) mass is 292 g/mol. The van der Waals surface area contributed by atoms with Gasteiger partial charge in [0.25, 0.3) is 0 Å². The van der Waals surface area contributed by atoms with Gasteiger partial charge in [0.2, 0.25) is 5.78 Å². The normalized spacial score (nSPS) is 11.5. The molecule has 1 rings (SSSR count). The van der Waals surface area contributed by atoms with E-state index in [4.69, 9.17) is 4.74 Å². The molecule has 0 saturated carbocycles. The van der Waals surface area contributed by atoms with Crippen LogP contribution >= 0.6 is 0 Å². The average molecular weight is 292 g/mol. The van der Waals surface area contributed by atoms with Crippen molar-refractivity contribution in [3.05, 3.63) is 29.8 Å². The Hall–Kier alpha value is -1.92. The van der Waals surface area contributed by atoms with Crippen molar-refractivity contribution in [1.82, 2.24) is 0 Å². The van der Waals surface area contributed by atoms with Gasteiger partial charge in [-0.3, -0.25) is 9.59 Å². The van der Waals surface area contributed by atoms with Crippen LogP contribution in [0.4, 0.5) is 17.6 Å². The summed E-state index contributed by atoms with van der Waals surface area (Å²) in [5.74, 6) is -7.38. The molecule has 0 aromatic heterocycles. The van der Waals surface area contributed by atoms with Crippen LogP contribution in [0.1, 0.15) is 23.7 Å². The van der Waals surface area contributed by atoms with Gasteiger partial charge in [0.15, 0.2) is 5.78 Å². The highest BCUT2D eigenvalue weighted by Crippen LogP contribution is 2.26. The van der Waals surface area contributed by atoms with Crippen molar-refractivity contribution in [1.29, 1.82) is 0 Å². The van der Waals surface area contributed by atoms with E-state index in [0.717, 1.165) is 0 Å². The van der Waals surface area contributed by atoms with Crippen LogP contribution in [0.3, 0.4) is 0 Å². The van der Waals surface area contributed by atoms with Gasteiger partial charge >= 0.3 is 12.3 Å². The van der Waals surface area contributed by atoms with E-state index in [0.29, 0.717) is 12.4 Å². The van der Waals surface area contributed by atoms with Crippen molar-refractivity contribution in [2.45, 2.75) is 25.7 Å². The van der Waals surface area contributed by atoms with E-state index in [1.807, 2.05) is 0 Å². The first-order valence-corrected chi connectivity index (χ1v) is 5.74. The molecule has 0 atom stereocenters. The van der Waals surface area contributed by atoms with Crippen LogP contribution < -0.4 is 4.74 Å². The third-order valence-electron chi connectivity index (χ3n) is 2.45. The van der Waals surface area contributed by atoms with E-state index in [2.05, 4.69) is 0 Å². The Morgan fingerprint density at radius 3 is 2.20 bits per heavy atom. The summed E-state index contributed by atoms with van der Waals surface area (Å²) in [6, 6.07) is 5.40. The Balaban J connectivity index is 2.74. The van der Waals surface area contributed by atoms with Crippen LogP contribution in [-0.2, 0) is 4.79 Å². The molecule has 0 aliphatic rings. The lowest BCUT2D eigenvalue weighted by Gasteiger charge is -2.13. The lowest BCUT2D eigenvalue weighted by molar-refractivity contribution is -0.166. The van der Waals surface area contributed by atoms with E-state index in [9.17, 15) is 27.2 Å². The van der Waals surface area contributed by atoms with Crippen LogP contribution in [0.15, 0.2) is 24.3 Å². The summed E-state index contributed by atoms with van der Waals surface area (Å²) in [6.07, 6.45) is -5.39. The molecule has 0 bridgehead atoms. The van der Waals surface area contributed by atoms with Crippen molar-refractivity contribution in [3.8, 4) is 5.75 Å². The summed E-state index contributed by atoms with van der Waals surface area (Å²) in [5.41, 5.74) is -0.0214. The number of Topliss-reactive ketones (excluding diaryl/α,β-unsaturated/α-hetero) is 2. The Morgan fingerprint density at radius 1 is 1.20 bits per heavy atom. The minimum Gasteiger partial charge on any atom is -0.494 e. The van der Waals surface area contributed by atoms with E-state index in [1.54, 1.807) is 6.92 Å². The van der Waals surface area contributed by atoms with Gasteiger partial charge in [-0.2, -0.15) is 8.78 Å². The summed E-state index contributed by atoms with van der Waals surface area (Å²) in [6.45, 7) is 2.16. The fourth-order valence-corrected chi connectivity index (χ4v) is 1.39. The Kier molecular flexibility index (Phi) is 5.24. The van der Waals surface area contributed by atoms with Crippen molar-refractivity contribution in [2.24, 2.45) is 0 Å². The minimum absolute atomic E-state index is 0.0214. The molecule has 0 heterocycles. The molecule has 0 aliphatic heterocycles. The minimum atomic E-state index is -4.80. The van der Waals surface area contributed by atoms with Gasteiger partial charge in [-0.15, -0.1) is 0 Å². The number of hydrogen-bond acceptors (Lipinski definition) is 3. The molecule has 0 saturated heterocycles. The zero-order valence-corrected chi connectivity index (χ0v) is 10.5. The van der Waals surface area contributed by atoms with Gasteiger partial charge in [0, 0.05) is 5.56 Å². The highest BCUT2D eigenvalue weighted by atomic mass is 19.3. The average Bonchev–Trinajstić information content (AvgIpc) is 2.39. The molecule has 1 aromatic rings. The van der Waals surface area contributed by atoms with Gasteiger partial charge in [-0.25, -0.2) is 8.78 Å². The molecular weight excluding hydrogens is 280 g/mol. The fourth-order valence-electron chi connectivity index (χ4n) is 1.39. The molecule has 7 heteroatoms. The summed E-state index contributed by atoms with van der Waals surface area (Å²) in [7, 11) is 0. The maximum atomic E-state index is 12.7. The predicted molar refractivity (Wildman–Crippen MR) is 62.5 cm³/mol. The first-order chi connectivity index (χ1) is 9.28. The summed E-state index contributed by atoms with van der Waals surface area (Å²) < 4.78 is 54.4.